The second-order valence-electron chi connectivity index (χ2n) is 6.44. The fourth-order valence-electron chi connectivity index (χ4n) is 2.09. The van der Waals surface area contributed by atoms with Gasteiger partial charge in [0.1, 0.15) is 5.60 Å². The average molecular weight is 340 g/mol. The number of carbonyl (C=O) groups excluding carboxylic acids is 3. The van der Waals surface area contributed by atoms with Crippen LogP contribution in [0, 0.1) is 0 Å². The number of hydrogen-bond acceptors (Lipinski definition) is 5. The lowest BCUT2D eigenvalue weighted by Crippen LogP contribution is -2.27. The first-order valence-electron chi connectivity index (χ1n) is 7.85. The molecule has 0 bridgehead atoms. The molecule has 130 valence electrons. The molecule has 0 heterocycles. The first-order valence-corrected chi connectivity index (χ1v) is 7.85. The summed E-state index contributed by atoms with van der Waals surface area (Å²) in [5.41, 5.74) is 0.661. The maximum absolute atomic E-state index is 12.3. The van der Waals surface area contributed by atoms with Crippen molar-refractivity contribution in [3.63, 3.8) is 0 Å². The summed E-state index contributed by atoms with van der Waals surface area (Å²) in [6.07, 6.45) is 0. The van der Waals surface area contributed by atoms with Crippen LogP contribution in [-0.2, 0) is 14.3 Å². The van der Waals surface area contributed by atoms with Crippen LogP contribution in [0.15, 0.2) is 54.6 Å². The molecule has 25 heavy (non-hydrogen) atoms. The van der Waals surface area contributed by atoms with Gasteiger partial charge in [0.2, 0.25) is 0 Å². The van der Waals surface area contributed by atoms with E-state index in [2.05, 4.69) is 0 Å². The summed E-state index contributed by atoms with van der Waals surface area (Å²) < 4.78 is 9.99. The van der Waals surface area contributed by atoms with E-state index in [-0.39, 0.29) is 11.3 Å². The minimum absolute atomic E-state index is 0.130. The molecule has 0 saturated carbocycles. The van der Waals surface area contributed by atoms with E-state index in [4.69, 9.17) is 9.47 Å². The number of ketones is 1. The van der Waals surface area contributed by atoms with Gasteiger partial charge in [-0.05, 0) is 32.9 Å². The summed E-state index contributed by atoms with van der Waals surface area (Å²) in [7, 11) is 0. The van der Waals surface area contributed by atoms with E-state index in [1.807, 2.05) is 6.07 Å². The molecular weight excluding hydrogens is 320 g/mol. The summed E-state index contributed by atoms with van der Waals surface area (Å²) in [6, 6.07) is 15.0. The van der Waals surface area contributed by atoms with E-state index in [0.29, 0.717) is 11.1 Å². The SMILES string of the molecule is CC(C)(C)OC(=O)COC(=O)c1ccc(C(=O)c2ccccc2)cc1. The number of benzene rings is 2. The highest BCUT2D eigenvalue weighted by molar-refractivity contribution is 6.09. The normalized spacial score (nSPS) is 10.8. The Morgan fingerprint density at radius 1 is 0.800 bits per heavy atom. The lowest BCUT2D eigenvalue weighted by molar-refractivity contribution is -0.158. The minimum atomic E-state index is -0.649. The third kappa shape index (κ3) is 5.57. The number of hydrogen-bond donors (Lipinski definition) is 0. The molecule has 0 unspecified atom stereocenters. The monoisotopic (exact) mass is 340 g/mol. The van der Waals surface area contributed by atoms with Crippen LogP contribution >= 0.6 is 0 Å². The van der Waals surface area contributed by atoms with Gasteiger partial charge in [0.25, 0.3) is 0 Å². The molecule has 2 aromatic rings. The summed E-state index contributed by atoms with van der Waals surface area (Å²) in [5, 5.41) is 0. The van der Waals surface area contributed by atoms with Crippen LogP contribution in [0.25, 0.3) is 0 Å². The molecule has 0 fully saturated rings. The van der Waals surface area contributed by atoms with Crippen molar-refractivity contribution in [1.29, 1.82) is 0 Å². The highest BCUT2D eigenvalue weighted by atomic mass is 16.6. The molecule has 0 amide bonds. The van der Waals surface area contributed by atoms with Crippen molar-refractivity contribution in [2.75, 3.05) is 6.61 Å². The van der Waals surface area contributed by atoms with Gasteiger partial charge in [-0.25, -0.2) is 9.59 Å². The fraction of sp³-hybridized carbons (Fsp3) is 0.250. The second kappa shape index (κ2) is 7.75. The van der Waals surface area contributed by atoms with E-state index < -0.39 is 24.1 Å². The zero-order valence-electron chi connectivity index (χ0n) is 14.4. The molecule has 0 aliphatic heterocycles. The largest absolute Gasteiger partial charge is 0.457 e. The van der Waals surface area contributed by atoms with E-state index in [1.165, 1.54) is 12.1 Å². The molecule has 0 radical (unpaired) electrons. The van der Waals surface area contributed by atoms with Crippen LogP contribution in [0.1, 0.15) is 47.1 Å². The van der Waals surface area contributed by atoms with Crippen LogP contribution in [0.2, 0.25) is 0 Å². The topological polar surface area (TPSA) is 69.7 Å². The van der Waals surface area contributed by atoms with Gasteiger partial charge in [-0.15, -0.1) is 0 Å². The molecule has 0 saturated heterocycles. The van der Waals surface area contributed by atoms with Crippen LogP contribution in [0.5, 0.6) is 0 Å². The Hall–Kier alpha value is -2.95. The van der Waals surface area contributed by atoms with E-state index in [0.717, 1.165) is 0 Å². The van der Waals surface area contributed by atoms with Crippen LogP contribution in [0.3, 0.4) is 0 Å². The van der Waals surface area contributed by atoms with Gasteiger partial charge < -0.3 is 9.47 Å². The second-order valence-corrected chi connectivity index (χ2v) is 6.44. The van der Waals surface area contributed by atoms with Gasteiger partial charge in [0, 0.05) is 11.1 Å². The summed E-state index contributed by atoms with van der Waals surface area (Å²) in [4.78, 5) is 35.8. The summed E-state index contributed by atoms with van der Waals surface area (Å²) >= 11 is 0. The molecule has 0 spiro atoms. The Bertz CT molecular complexity index is 755. The van der Waals surface area contributed by atoms with Gasteiger partial charge in [0.05, 0.1) is 5.56 Å². The predicted octanol–water partition coefficient (Wildman–Crippen LogP) is 3.42. The van der Waals surface area contributed by atoms with Crippen molar-refractivity contribution in [3.05, 3.63) is 71.3 Å². The number of esters is 2. The maximum atomic E-state index is 12.3. The molecule has 0 aliphatic carbocycles. The van der Waals surface area contributed by atoms with Crippen LogP contribution < -0.4 is 0 Å². The lowest BCUT2D eigenvalue weighted by Gasteiger charge is -2.19. The van der Waals surface area contributed by atoms with Crippen molar-refractivity contribution >= 4 is 17.7 Å². The van der Waals surface area contributed by atoms with Gasteiger partial charge in [0.15, 0.2) is 12.4 Å². The standard InChI is InChI=1S/C20H20O5/c1-20(2,3)25-17(21)13-24-19(23)16-11-9-15(10-12-16)18(22)14-7-5-4-6-8-14/h4-12H,13H2,1-3H3. The molecule has 0 N–H and O–H groups in total. The van der Waals surface area contributed by atoms with E-state index in [9.17, 15) is 14.4 Å². The smallest absolute Gasteiger partial charge is 0.344 e. The lowest BCUT2D eigenvalue weighted by atomic mass is 10.0. The Morgan fingerprint density at radius 3 is 1.88 bits per heavy atom. The zero-order valence-corrected chi connectivity index (χ0v) is 14.4. The van der Waals surface area contributed by atoms with E-state index in [1.54, 1.807) is 57.2 Å². The Labute approximate surface area is 146 Å². The van der Waals surface area contributed by atoms with Crippen molar-refractivity contribution in [2.24, 2.45) is 0 Å². The molecule has 0 aromatic heterocycles. The molecule has 5 nitrogen and oxygen atoms in total. The minimum Gasteiger partial charge on any atom is -0.457 e. The molecule has 0 aliphatic rings. The van der Waals surface area contributed by atoms with Crippen molar-refractivity contribution < 1.29 is 23.9 Å². The van der Waals surface area contributed by atoms with Gasteiger partial charge in [-0.3, -0.25) is 4.79 Å². The summed E-state index contributed by atoms with van der Waals surface area (Å²) in [5.74, 6) is -1.39. The fourth-order valence-corrected chi connectivity index (χ4v) is 2.09. The quantitative estimate of drug-likeness (QED) is 0.616. The van der Waals surface area contributed by atoms with E-state index >= 15 is 0 Å². The number of rotatable bonds is 5. The third-order valence-electron chi connectivity index (χ3n) is 3.16. The first kappa shape index (κ1) is 18.4. The van der Waals surface area contributed by atoms with Crippen molar-refractivity contribution in [2.45, 2.75) is 26.4 Å². The Balaban J connectivity index is 1.96. The molecular formula is C20H20O5. The van der Waals surface area contributed by atoms with Gasteiger partial charge in [-0.1, -0.05) is 42.5 Å². The van der Waals surface area contributed by atoms with Gasteiger partial charge >= 0.3 is 11.9 Å². The Kier molecular flexibility index (Phi) is 5.70. The number of carbonyl (C=O) groups is 3. The maximum Gasteiger partial charge on any atom is 0.344 e. The van der Waals surface area contributed by atoms with Crippen molar-refractivity contribution in [1.82, 2.24) is 0 Å². The number of ether oxygens (including phenoxy) is 2. The highest BCUT2D eigenvalue weighted by Gasteiger charge is 2.18. The molecule has 2 rings (SSSR count). The third-order valence-corrected chi connectivity index (χ3v) is 3.16. The first-order chi connectivity index (χ1) is 11.8. The molecule has 2 aromatic carbocycles. The highest BCUT2D eigenvalue weighted by Crippen LogP contribution is 2.12. The Morgan fingerprint density at radius 2 is 1.32 bits per heavy atom. The van der Waals surface area contributed by atoms with Crippen LogP contribution in [0.4, 0.5) is 0 Å². The average Bonchev–Trinajstić information content (AvgIpc) is 2.58. The molecule has 0 atom stereocenters. The zero-order chi connectivity index (χ0) is 18.4. The predicted molar refractivity (Wildman–Crippen MR) is 92.4 cm³/mol. The van der Waals surface area contributed by atoms with Crippen LogP contribution in [-0.4, -0.2) is 29.9 Å². The van der Waals surface area contributed by atoms with Gasteiger partial charge in [-0.2, -0.15) is 0 Å². The summed E-state index contributed by atoms with van der Waals surface area (Å²) in [6.45, 7) is 4.74. The van der Waals surface area contributed by atoms with Crippen molar-refractivity contribution in [3.8, 4) is 0 Å². The molecule has 5 heteroatoms.